The van der Waals surface area contributed by atoms with Crippen molar-refractivity contribution < 1.29 is 0 Å². The Morgan fingerprint density at radius 2 is 2.06 bits per heavy atom. The Labute approximate surface area is 106 Å². The highest BCUT2D eigenvalue weighted by Crippen LogP contribution is 2.28. The van der Waals surface area contributed by atoms with Crippen molar-refractivity contribution in [3.05, 3.63) is 34.3 Å². The third-order valence-electron chi connectivity index (χ3n) is 2.90. The summed E-state index contributed by atoms with van der Waals surface area (Å²) in [5, 5.41) is 10.6. The first-order valence-electron chi connectivity index (χ1n) is 5.81. The molecule has 0 saturated carbocycles. The van der Waals surface area contributed by atoms with Crippen molar-refractivity contribution in [3.8, 4) is 10.6 Å². The number of rotatable bonds is 4. The van der Waals surface area contributed by atoms with Gasteiger partial charge in [-0.1, -0.05) is 29.5 Å². The molecule has 3 nitrogen and oxygen atoms in total. The molecular formula is C13H17N3S. The van der Waals surface area contributed by atoms with Crippen molar-refractivity contribution in [2.75, 3.05) is 6.54 Å². The molecule has 1 aromatic carbocycles. The smallest absolute Gasteiger partial charge is 0.148 e. The molecule has 2 N–H and O–H groups in total. The van der Waals surface area contributed by atoms with Gasteiger partial charge in [0.15, 0.2) is 0 Å². The zero-order chi connectivity index (χ0) is 12.3. The fourth-order valence-corrected chi connectivity index (χ4v) is 2.66. The summed E-state index contributed by atoms with van der Waals surface area (Å²) in [6.45, 7) is 4.96. The predicted octanol–water partition coefficient (Wildman–Crippen LogP) is 2.71. The van der Waals surface area contributed by atoms with Crippen molar-refractivity contribution in [1.82, 2.24) is 10.2 Å². The molecule has 4 heteroatoms. The Bertz CT molecular complexity index is 505. The number of hydrogen-bond acceptors (Lipinski definition) is 4. The molecule has 0 amide bonds. The predicted molar refractivity (Wildman–Crippen MR) is 72.2 cm³/mol. The Hall–Kier alpha value is -1.26. The Balaban J connectivity index is 2.27. The quantitative estimate of drug-likeness (QED) is 0.903. The van der Waals surface area contributed by atoms with Crippen molar-refractivity contribution >= 4 is 11.3 Å². The van der Waals surface area contributed by atoms with Gasteiger partial charge in [-0.25, -0.2) is 0 Å². The van der Waals surface area contributed by atoms with Crippen LogP contribution in [0.15, 0.2) is 18.2 Å². The molecule has 0 aliphatic heterocycles. The summed E-state index contributed by atoms with van der Waals surface area (Å²) < 4.78 is 0. The van der Waals surface area contributed by atoms with Crippen molar-refractivity contribution in [2.45, 2.75) is 26.7 Å². The second kappa shape index (κ2) is 5.38. The van der Waals surface area contributed by atoms with E-state index >= 15 is 0 Å². The minimum absolute atomic E-state index is 0.707. The second-order valence-corrected chi connectivity index (χ2v) is 5.20. The van der Waals surface area contributed by atoms with E-state index < -0.39 is 0 Å². The molecule has 0 aliphatic rings. The SMILES string of the molecule is Cc1cccc(-c2nnc(CCCN)s2)c1C. The van der Waals surface area contributed by atoms with E-state index in [1.165, 1.54) is 16.7 Å². The van der Waals surface area contributed by atoms with E-state index in [1.807, 2.05) is 0 Å². The van der Waals surface area contributed by atoms with Gasteiger partial charge in [0.1, 0.15) is 10.0 Å². The van der Waals surface area contributed by atoms with Crippen LogP contribution in [0.25, 0.3) is 10.6 Å². The van der Waals surface area contributed by atoms with Gasteiger partial charge in [-0.05, 0) is 37.9 Å². The summed E-state index contributed by atoms with van der Waals surface area (Å²) in [4.78, 5) is 0. The van der Waals surface area contributed by atoms with Gasteiger partial charge < -0.3 is 5.73 Å². The van der Waals surface area contributed by atoms with E-state index in [4.69, 9.17) is 5.73 Å². The fraction of sp³-hybridized carbons (Fsp3) is 0.385. The van der Waals surface area contributed by atoms with Crippen LogP contribution in [0, 0.1) is 13.8 Å². The third kappa shape index (κ3) is 2.70. The minimum Gasteiger partial charge on any atom is -0.330 e. The number of aryl methyl sites for hydroxylation is 2. The molecular weight excluding hydrogens is 230 g/mol. The monoisotopic (exact) mass is 247 g/mol. The van der Waals surface area contributed by atoms with E-state index in [0.29, 0.717) is 6.54 Å². The highest BCUT2D eigenvalue weighted by molar-refractivity contribution is 7.14. The summed E-state index contributed by atoms with van der Waals surface area (Å²) in [6, 6.07) is 6.30. The van der Waals surface area contributed by atoms with Crippen LogP contribution in [0.2, 0.25) is 0 Å². The topological polar surface area (TPSA) is 51.8 Å². The normalized spacial score (nSPS) is 10.8. The van der Waals surface area contributed by atoms with Crippen LogP contribution in [0.4, 0.5) is 0 Å². The summed E-state index contributed by atoms with van der Waals surface area (Å²) in [5.41, 5.74) is 9.27. The third-order valence-corrected chi connectivity index (χ3v) is 3.91. The molecule has 0 radical (unpaired) electrons. The summed E-state index contributed by atoms with van der Waals surface area (Å²) in [6.07, 6.45) is 1.90. The maximum absolute atomic E-state index is 5.49. The first-order valence-corrected chi connectivity index (χ1v) is 6.63. The zero-order valence-corrected chi connectivity index (χ0v) is 11.0. The molecule has 1 aromatic heterocycles. The summed E-state index contributed by atoms with van der Waals surface area (Å²) in [7, 11) is 0. The second-order valence-electron chi connectivity index (χ2n) is 4.14. The van der Waals surface area contributed by atoms with Crippen LogP contribution in [-0.4, -0.2) is 16.7 Å². The lowest BCUT2D eigenvalue weighted by Gasteiger charge is -2.04. The summed E-state index contributed by atoms with van der Waals surface area (Å²) >= 11 is 1.67. The van der Waals surface area contributed by atoms with Crippen LogP contribution in [0.3, 0.4) is 0 Å². The Morgan fingerprint density at radius 1 is 1.24 bits per heavy atom. The lowest BCUT2D eigenvalue weighted by Crippen LogP contribution is -1.99. The molecule has 0 fully saturated rings. The van der Waals surface area contributed by atoms with Crippen molar-refractivity contribution in [1.29, 1.82) is 0 Å². The van der Waals surface area contributed by atoms with Crippen LogP contribution in [-0.2, 0) is 6.42 Å². The highest BCUT2D eigenvalue weighted by atomic mass is 32.1. The van der Waals surface area contributed by atoms with Gasteiger partial charge in [0, 0.05) is 12.0 Å². The Morgan fingerprint density at radius 3 is 2.82 bits per heavy atom. The van der Waals surface area contributed by atoms with Gasteiger partial charge >= 0.3 is 0 Å². The molecule has 2 aromatic rings. The van der Waals surface area contributed by atoms with Crippen LogP contribution < -0.4 is 5.73 Å². The number of aromatic nitrogens is 2. The fourth-order valence-electron chi connectivity index (χ4n) is 1.70. The maximum atomic E-state index is 5.49. The van der Waals surface area contributed by atoms with Crippen LogP contribution in [0.1, 0.15) is 22.6 Å². The lowest BCUT2D eigenvalue weighted by molar-refractivity contribution is 0.812. The lowest BCUT2D eigenvalue weighted by atomic mass is 10.0. The standard InChI is InChI=1S/C13H17N3S/c1-9-5-3-6-11(10(9)2)13-16-15-12(17-13)7-4-8-14/h3,5-6H,4,7-8,14H2,1-2H3. The molecule has 0 unspecified atom stereocenters. The number of benzene rings is 1. The average Bonchev–Trinajstić information content (AvgIpc) is 2.78. The van der Waals surface area contributed by atoms with Gasteiger partial charge in [-0.2, -0.15) is 0 Å². The zero-order valence-electron chi connectivity index (χ0n) is 10.2. The van der Waals surface area contributed by atoms with Crippen LogP contribution in [0.5, 0.6) is 0 Å². The van der Waals surface area contributed by atoms with Crippen LogP contribution >= 0.6 is 11.3 Å². The molecule has 0 bridgehead atoms. The van der Waals surface area contributed by atoms with Crippen molar-refractivity contribution in [3.63, 3.8) is 0 Å². The van der Waals surface area contributed by atoms with E-state index in [1.54, 1.807) is 11.3 Å². The number of nitrogens with two attached hydrogens (primary N) is 1. The molecule has 0 atom stereocenters. The van der Waals surface area contributed by atoms with Crippen molar-refractivity contribution in [2.24, 2.45) is 5.73 Å². The first-order chi connectivity index (χ1) is 8.22. The molecule has 2 rings (SSSR count). The van der Waals surface area contributed by atoms with E-state index in [2.05, 4.69) is 42.2 Å². The van der Waals surface area contributed by atoms with E-state index in [9.17, 15) is 0 Å². The molecule has 0 aliphatic carbocycles. The molecule has 0 saturated heterocycles. The van der Waals surface area contributed by atoms with Gasteiger partial charge in [-0.3, -0.25) is 0 Å². The van der Waals surface area contributed by atoms with Gasteiger partial charge in [0.05, 0.1) is 0 Å². The minimum atomic E-state index is 0.707. The average molecular weight is 247 g/mol. The van der Waals surface area contributed by atoms with Gasteiger partial charge in [0.2, 0.25) is 0 Å². The number of nitrogens with zero attached hydrogens (tertiary/aromatic N) is 2. The Kier molecular flexibility index (Phi) is 3.86. The molecule has 1 heterocycles. The first kappa shape index (κ1) is 12.2. The molecule has 90 valence electrons. The highest BCUT2D eigenvalue weighted by Gasteiger charge is 2.09. The van der Waals surface area contributed by atoms with E-state index in [-0.39, 0.29) is 0 Å². The van der Waals surface area contributed by atoms with E-state index in [0.717, 1.165) is 22.9 Å². The van der Waals surface area contributed by atoms with Gasteiger partial charge in [-0.15, -0.1) is 10.2 Å². The molecule has 17 heavy (non-hydrogen) atoms. The number of hydrogen-bond donors (Lipinski definition) is 1. The summed E-state index contributed by atoms with van der Waals surface area (Å²) in [5.74, 6) is 0. The largest absolute Gasteiger partial charge is 0.330 e. The maximum Gasteiger partial charge on any atom is 0.148 e. The molecule has 0 spiro atoms. The van der Waals surface area contributed by atoms with Gasteiger partial charge in [0.25, 0.3) is 0 Å².